The van der Waals surface area contributed by atoms with Gasteiger partial charge >= 0.3 is 5.97 Å². The zero-order valence-corrected chi connectivity index (χ0v) is 23.1. The van der Waals surface area contributed by atoms with E-state index < -0.39 is 35.6 Å². The van der Waals surface area contributed by atoms with Gasteiger partial charge in [0.05, 0.1) is 35.7 Å². The van der Waals surface area contributed by atoms with E-state index in [1.54, 1.807) is 26.8 Å². The minimum Gasteiger partial charge on any atom is -0.457 e. The van der Waals surface area contributed by atoms with Gasteiger partial charge in [0, 0.05) is 11.8 Å². The number of epoxide rings is 1. The molecule has 3 rings (SSSR count). The van der Waals surface area contributed by atoms with Crippen molar-refractivity contribution in [3.05, 3.63) is 23.4 Å². The van der Waals surface area contributed by atoms with Crippen LogP contribution in [-0.4, -0.2) is 62.1 Å². The lowest BCUT2D eigenvalue weighted by atomic mass is 9.73. The Morgan fingerprint density at radius 2 is 1.86 bits per heavy atom. The van der Waals surface area contributed by atoms with Crippen molar-refractivity contribution in [1.29, 1.82) is 0 Å². The Bertz CT molecular complexity index is 1000. The van der Waals surface area contributed by atoms with Gasteiger partial charge in [-0.05, 0) is 44.3 Å². The van der Waals surface area contributed by atoms with Crippen molar-refractivity contribution in [2.24, 2.45) is 23.2 Å². The molecule has 0 aromatic carbocycles. The van der Waals surface area contributed by atoms with Crippen LogP contribution >= 0.6 is 0 Å². The first kappa shape index (κ1) is 29.5. The Balaban J connectivity index is 1.91. The van der Waals surface area contributed by atoms with E-state index in [-0.39, 0.29) is 48.2 Å². The predicted octanol–water partition coefficient (Wildman–Crippen LogP) is 3.44. The standard InChI is InChI=1S/C28H43NO8/c1-15-9-8-10-28(7)26(37-28)18(4)24(16(2)11-19-14-35-21(13-30)29-19)36-22(32)12-20(31)27(5,6)25(34)17(3)23(15)33/h11,14-15,17-18,20,23-24,26,30-31,33H,8-10,12-13H2,1-7H3/b16-11+/t15-,17+,18+,20-,23-,24+,26-,28+/m0/s1. The molecule has 2 saturated heterocycles. The normalized spacial score (nSPS) is 38.1. The third-order valence-electron chi connectivity index (χ3n) is 8.35. The molecule has 9 heteroatoms. The molecule has 2 fully saturated rings. The van der Waals surface area contributed by atoms with E-state index >= 15 is 0 Å². The number of ether oxygens (including phenoxy) is 2. The first-order valence-corrected chi connectivity index (χ1v) is 13.2. The van der Waals surface area contributed by atoms with E-state index in [0.29, 0.717) is 11.3 Å². The minimum absolute atomic E-state index is 0.104. The first-order valence-electron chi connectivity index (χ1n) is 13.2. The van der Waals surface area contributed by atoms with Crippen LogP contribution in [0.1, 0.15) is 85.7 Å². The number of hydrogen-bond donors (Lipinski definition) is 3. The smallest absolute Gasteiger partial charge is 0.309 e. The fraction of sp³-hybridized carbons (Fsp3) is 0.750. The third-order valence-corrected chi connectivity index (χ3v) is 8.35. The maximum Gasteiger partial charge on any atom is 0.309 e. The summed E-state index contributed by atoms with van der Waals surface area (Å²) in [6.07, 6.45) is 2.19. The lowest BCUT2D eigenvalue weighted by Gasteiger charge is -2.35. The van der Waals surface area contributed by atoms with Crippen molar-refractivity contribution in [3.63, 3.8) is 0 Å². The van der Waals surface area contributed by atoms with E-state index in [1.165, 1.54) is 6.26 Å². The molecule has 2 aliphatic rings. The van der Waals surface area contributed by atoms with Crippen LogP contribution in [0.3, 0.4) is 0 Å². The van der Waals surface area contributed by atoms with E-state index in [4.69, 9.17) is 13.9 Å². The van der Waals surface area contributed by atoms with Crippen LogP contribution in [0.2, 0.25) is 0 Å². The van der Waals surface area contributed by atoms with E-state index in [1.807, 2.05) is 27.7 Å². The number of nitrogens with zero attached hydrogens (tertiary/aromatic N) is 1. The van der Waals surface area contributed by atoms with Crippen LogP contribution in [0, 0.1) is 23.2 Å². The highest BCUT2D eigenvalue weighted by molar-refractivity contribution is 5.88. The van der Waals surface area contributed by atoms with Crippen molar-refractivity contribution in [2.45, 2.75) is 111 Å². The number of aliphatic hydroxyl groups excluding tert-OH is 3. The second-order valence-corrected chi connectivity index (χ2v) is 11.8. The molecule has 1 aromatic heterocycles. The number of aromatic nitrogens is 1. The van der Waals surface area contributed by atoms with Crippen LogP contribution in [0.25, 0.3) is 6.08 Å². The second kappa shape index (κ2) is 11.4. The zero-order valence-electron chi connectivity index (χ0n) is 23.1. The number of esters is 1. The number of ketones is 1. The summed E-state index contributed by atoms with van der Waals surface area (Å²) < 4.78 is 17.3. The number of hydrogen-bond acceptors (Lipinski definition) is 9. The Morgan fingerprint density at radius 1 is 1.19 bits per heavy atom. The summed E-state index contributed by atoms with van der Waals surface area (Å²) in [6.45, 7) is 12.3. The summed E-state index contributed by atoms with van der Waals surface area (Å²) in [5.74, 6) is -1.73. The number of aliphatic hydroxyl groups is 3. The topological polar surface area (TPSA) is 143 Å². The molecule has 9 nitrogen and oxygen atoms in total. The summed E-state index contributed by atoms with van der Waals surface area (Å²) in [5.41, 5.74) is -0.424. The van der Waals surface area contributed by atoms with Gasteiger partial charge in [0.15, 0.2) is 0 Å². The van der Waals surface area contributed by atoms with Crippen LogP contribution in [0.15, 0.2) is 16.3 Å². The number of rotatable bonds is 3. The number of oxazole rings is 1. The van der Waals surface area contributed by atoms with E-state index in [0.717, 1.165) is 19.3 Å². The molecule has 37 heavy (non-hydrogen) atoms. The largest absolute Gasteiger partial charge is 0.457 e. The second-order valence-electron chi connectivity index (χ2n) is 11.8. The quantitative estimate of drug-likeness (QED) is 0.403. The first-order chi connectivity index (χ1) is 17.2. The van der Waals surface area contributed by atoms with Crippen molar-refractivity contribution >= 4 is 17.8 Å². The van der Waals surface area contributed by atoms with Gasteiger partial charge in [-0.15, -0.1) is 0 Å². The van der Waals surface area contributed by atoms with Crippen molar-refractivity contribution in [2.75, 3.05) is 0 Å². The molecule has 1 aromatic rings. The highest BCUT2D eigenvalue weighted by atomic mass is 16.6. The average molecular weight is 522 g/mol. The van der Waals surface area contributed by atoms with Gasteiger partial charge in [-0.3, -0.25) is 9.59 Å². The molecular weight excluding hydrogens is 478 g/mol. The molecule has 0 unspecified atom stereocenters. The molecule has 2 aliphatic heterocycles. The molecule has 0 aliphatic carbocycles. The van der Waals surface area contributed by atoms with E-state index in [2.05, 4.69) is 4.98 Å². The summed E-state index contributed by atoms with van der Waals surface area (Å²) in [5, 5.41) is 31.0. The number of Topliss-reactive ketones (excluding diaryl/α,β-unsaturated/α-hetero) is 1. The Morgan fingerprint density at radius 3 is 2.49 bits per heavy atom. The van der Waals surface area contributed by atoms with Gasteiger partial charge < -0.3 is 29.2 Å². The molecular formula is C28H43NO8. The maximum atomic E-state index is 13.3. The highest BCUT2D eigenvalue weighted by Crippen LogP contribution is 2.47. The molecule has 0 amide bonds. The summed E-state index contributed by atoms with van der Waals surface area (Å²) in [4.78, 5) is 30.5. The van der Waals surface area contributed by atoms with Crippen LogP contribution in [-0.2, 0) is 25.7 Å². The molecule has 8 atom stereocenters. The number of cyclic esters (lactones) is 1. The van der Waals surface area contributed by atoms with Gasteiger partial charge in [0.1, 0.15) is 30.5 Å². The highest BCUT2D eigenvalue weighted by Gasteiger charge is 2.56. The number of fused-ring (bicyclic) bond motifs is 1. The number of carbonyl (C=O) groups is 2. The van der Waals surface area contributed by atoms with Crippen molar-refractivity contribution in [3.8, 4) is 0 Å². The minimum atomic E-state index is -1.28. The lowest BCUT2D eigenvalue weighted by Crippen LogP contribution is -2.46. The zero-order chi connectivity index (χ0) is 27.7. The Kier molecular flexibility index (Phi) is 9.05. The molecule has 0 bridgehead atoms. The van der Waals surface area contributed by atoms with Gasteiger partial charge in [-0.25, -0.2) is 4.98 Å². The fourth-order valence-corrected chi connectivity index (χ4v) is 5.62. The maximum absolute atomic E-state index is 13.3. The monoisotopic (exact) mass is 521 g/mol. The predicted molar refractivity (Wildman–Crippen MR) is 136 cm³/mol. The molecule has 3 N–H and O–H groups in total. The molecule has 0 spiro atoms. The van der Waals surface area contributed by atoms with E-state index in [9.17, 15) is 24.9 Å². The van der Waals surface area contributed by atoms with Gasteiger partial charge in [0.25, 0.3) is 0 Å². The third kappa shape index (κ3) is 6.50. The fourth-order valence-electron chi connectivity index (χ4n) is 5.62. The van der Waals surface area contributed by atoms with Crippen molar-refractivity contribution in [1.82, 2.24) is 4.98 Å². The molecule has 0 saturated carbocycles. The van der Waals surface area contributed by atoms with Crippen LogP contribution in [0.5, 0.6) is 0 Å². The SMILES string of the molecule is C/C(=C\c1coc(CO)n1)[C@H]1OC(=O)C[C@H](O)C(C)(C)C(=O)[C@H](C)[C@@H](O)[C@@H](C)CCC[C@@]2(C)O[C@H]2[C@@H]1C. The van der Waals surface area contributed by atoms with Gasteiger partial charge in [0.2, 0.25) is 5.89 Å². The summed E-state index contributed by atoms with van der Waals surface area (Å²) in [7, 11) is 0. The van der Waals surface area contributed by atoms with Crippen LogP contribution < -0.4 is 0 Å². The van der Waals surface area contributed by atoms with Gasteiger partial charge in [-0.1, -0.05) is 41.0 Å². The average Bonchev–Trinajstić information content (AvgIpc) is 3.30. The summed E-state index contributed by atoms with van der Waals surface area (Å²) in [6, 6.07) is 0. The molecule has 3 heterocycles. The van der Waals surface area contributed by atoms with Crippen LogP contribution in [0.4, 0.5) is 0 Å². The Hall–Kier alpha value is -2.07. The Labute approximate surface area is 219 Å². The lowest BCUT2D eigenvalue weighted by molar-refractivity contribution is -0.156. The molecule has 208 valence electrons. The molecule has 0 radical (unpaired) electrons. The van der Waals surface area contributed by atoms with Gasteiger partial charge in [-0.2, -0.15) is 0 Å². The van der Waals surface area contributed by atoms with Crippen molar-refractivity contribution < 1.29 is 38.8 Å². The summed E-state index contributed by atoms with van der Waals surface area (Å²) >= 11 is 0. The number of carbonyl (C=O) groups excluding carboxylic acids is 2.